The minimum absolute atomic E-state index is 0.795. The predicted molar refractivity (Wildman–Crippen MR) is 70.1 cm³/mol. The molecule has 3 rings (SSSR count). The highest BCUT2D eigenvalue weighted by Gasteiger charge is 2.35. The molecule has 1 atom stereocenters. The van der Waals surface area contributed by atoms with Crippen molar-refractivity contribution >= 4 is 16.9 Å². The number of hydrogen-bond acceptors (Lipinski definition) is 4. The number of rotatable bonds is 5. The highest BCUT2D eigenvalue weighted by atomic mass is 32.2. The summed E-state index contributed by atoms with van der Waals surface area (Å²) in [5.74, 6) is 0.974. The fraction of sp³-hybridized carbons (Fsp3) is 0.917. The minimum atomic E-state index is 0.795. The number of hydrogen-bond donors (Lipinski definition) is 1. The smallest absolute Gasteiger partial charge is 0.156 e. The largest absolute Gasteiger partial charge is 0.364 e. The molecule has 0 aromatic rings. The van der Waals surface area contributed by atoms with Crippen LogP contribution in [0.1, 0.15) is 25.7 Å². The second-order valence-corrected chi connectivity index (χ2v) is 6.51. The van der Waals surface area contributed by atoms with Gasteiger partial charge in [-0.15, -0.1) is 0 Å². The fourth-order valence-electron chi connectivity index (χ4n) is 2.24. The third-order valence-corrected chi connectivity index (χ3v) is 5.07. The molecule has 2 fully saturated rings. The Kier molecular flexibility index (Phi) is 3.11. The summed E-state index contributed by atoms with van der Waals surface area (Å²) < 4.78 is 0. The van der Waals surface area contributed by atoms with Crippen molar-refractivity contribution in [3.05, 3.63) is 0 Å². The molecule has 4 heteroatoms. The Hall–Kier alpha value is -0.220. The van der Waals surface area contributed by atoms with Gasteiger partial charge in [-0.1, -0.05) is 11.8 Å². The first-order valence-electron chi connectivity index (χ1n) is 6.48. The van der Waals surface area contributed by atoms with Crippen LogP contribution in [0.2, 0.25) is 0 Å². The Balaban J connectivity index is 1.32. The number of thioether (sulfide) groups is 1. The van der Waals surface area contributed by atoms with Crippen molar-refractivity contribution in [2.75, 3.05) is 26.7 Å². The normalized spacial score (nSPS) is 29.6. The summed E-state index contributed by atoms with van der Waals surface area (Å²) in [5.41, 5.74) is 0. The molecule has 90 valence electrons. The van der Waals surface area contributed by atoms with E-state index < -0.39 is 0 Å². The fourth-order valence-corrected chi connectivity index (χ4v) is 3.47. The summed E-state index contributed by atoms with van der Waals surface area (Å²) >= 11 is 1.98. The van der Waals surface area contributed by atoms with Crippen molar-refractivity contribution in [3.8, 4) is 0 Å². The molecule has 0 spiro atoms. The second-order valence-electron chi connectivity index (χ2n) is 5.28. The molecule has 0 bridgehead atoms. The summed E-state index contributed by atoms with van der Waals surface area (Å²) in [5, 5.41) is 5.47. The van der Waals surface area contributed by atoms with Gasteiger partial charge in [0.15, 0.2) is 5.17 Å². The van der Waals surface area contributed by atoms with Crippen LogP contribution in [0.5, 0.6) is 0 Å². The molecule has 3 aliphatic rings. The number of amidine groups is 1. The van der Waals surface area contributed by atoms with Crippen molar-refractivity contribution in [1.82, 2.24) is 10.2 Å². The molecule has 3 nitrogen and oxygen atoms in total. The van der Waals surface area contributed by atoms with Gasteiger partial charge in [0.05, 0.1) is 6.54 Å². The van der Waals surface area contributed by atoms with Crippen molar-refractivity contribution in [2.24, 2.45) is 10.9 Å². The number of aliphatic imine (C=N–C) groups is 1. The highest BCUT2D eigenvalue weighted by molar-refractivity contribution is 8.14. The molecule has 0 amide bonds. The van der Waals surface area contributed by atoms with E-state index in [9.17, 15) is 0 Å². The van der Waals surface area contributed by atoms with Crippen LogP contribution in [0, 0.1) is 5.92 Å². The first-order chi connectivity index (χ1) is 7.83. The van der Waals surface area contributed by atoms with E-state index in [2.05, 4.69) is 22.3 Å². The Labute approximate surface area is 102 Å². The molecular formula is C12H21N3S. The lowest BCUT2D eigenvalue weighted by molar-refractivity contribution is 0.329. The summed E-state index contributed by atoms with van der Waals surface area (Å²) in [6.45, 7) is 3.25. The Morgan fingerprint density at radius 1 is 1.38 bits per heavy atom. The summed E-state index contributed by atoms with van der Waals surface area (Å²) in [7, 11) is 2.23. The zero-order valence-corrected chi connectivity index (χ0v) is 10.8. The zero-order valence-electron chi connectivity index (χ0n) is 9.98. The maximum atomic E-state index is 4.59. The van der Waals surface area contributed by atoms with Crippen molar-refractivity contribution < 1.29 is 0 Å². The molecule has 0 radical (unpaired) electrons. The van der Waals surface area contributed by atoms with E-state index in [1.54, 1.807) is 0 Å². The van der Waals surface area contributed by atoms with Crippen LogP contribution in [-0.2, 0) is 0 Å². The maximum Gasteiger partial charge on any atom is 0.156 e. The lowest BCUT2D eigenvalue weighted by atomic mass is 10.3. The zero-order chi connectivity index (χ0) is 11.0. The van der Waals surface area contributed by atoms with E-state index in [4.69, 9.17) is 0 Å². The molecule has 1 unspecified atom stereocenters. The van der Waals surface area contributed by atoms with Gasteiger partial charge in [-0.25, -0.2) is 0 Å². The van der Waals surface area contributed by atoms with Crippen LogP contribution < -0.4 is 5.32 Å². The van der Waals surface area contributed by atoms with Gasteiger partial charge in [-0.05, 0) is 38.6 Å². The van der Waals surface area contributed by atoms with E-state index >= 15 is 0 Å². The van der Waals surface area contributed by atoms with Gasteiger partial charge in [0.2, 0.25) is 0 Å². The lowest BCUT2D eigenvalue weighted by Crippen LogP contribution is -2.32. The van der Waals surface area contributed by atoms with Gasteiger partial charge < -0.3 is 10.2 Å². The molecule has 0 saturated heterocycles. The predicted octanol–water partition coefficient (Wildman–Crippen LogP) is 1.55. The number of nitrogens with zero attached hydrogens (tertiary/aromatic N) is 2. The van der Waals surface area contributed by atoms with Crippen LogP contribution in [0.3, 0.4) is 0 Å². The SMILES string of the molecule is CN(CCNC1=NCC(C2CC2)S1)C1CC1. The van der Waals surface area contributed by atoms with Crippen molar-refractivity contribution in [3.63, 3.8) is 0 Å². The second kappa shape index (κ2) is 4.57. The molecule has 1 N–H and O–H groups in total. The minimum Gasteiger partial charge on any atom is -0.364 e. The molecule has 2 saturated carbocycles. The monoisotopic (exact) mass is 239 g/mol. The average molecular weight is 239 g/mol. The van der Waals surface area contributed by atoms with Gasteiger partial charge in [-0.3, -0.25) is 4.99 Å². The van der Waals surface area contributed by atoms with Crippen molar-refractivity contribution in [2.45, 2.75) is 37.0 Å². The first kappa shape index (κ1) is 10.9. The van der Waals surface area contributed by atoms with E-state index in [0.29, 0.717) is 0 Å². The lowest BCUT2D eigenvalue weighted by Gasteiger charge is -2.16. The average Bonchev–Trinajstić information content (AvgIpc) is 3.17. The van der Waals surface area contributed by atoms with Crippen molar-refractivity contribution in [1.29, 1.82) is 0 Å². The summed E-state index contributed by atoms with van der Waals surface area (Å²) in [6.07, 6.45) is 5.67. The van der Waals surface area contributed by atoms with Gasteiger partial charge in [-0.2, -0.15) is 0 Å². The van der Waals surface area contributed by atoms with E-state index in [1.165, 1.54) is 30.9 Å². The van der Waals surface area contributed by atoms with Crippen LogP contribution >= 0.6 is 11.8 Å². The number of nitrogens with one attached hydrogen (secondary N) is 1. The third-order valence-electron chi connectivity index (χ3n) is 3.74. The standard InChI is InChI=1S/C12H21N3S/c1-15(10-4-5-10)7-6-13-12-14-8-11(16-12)9-2-3-9/h9-11H,2-8H2,1H3,(H,13,14). The molecule has 2 aliphatic carbocycles. The van der Waals surface area contributed by atoms with E-state index in [0.717, 1.165) is 36.8 Å². The van der Waals surface area contributed by atoms with Crippen LogP contribution in [0.25, 0.3) is 0 Å². The Bertz CT molecular complexity index is 284. The maximum absolute atomic E-state index is 4.59. The van der Waals surface area contributed by atoms with E-state index in [-0.39, 0.29) is 0 Å². The molecule has 16 heavy (non-hydrogen) atoms. The highest BCUT2D eigenvalue weighted by Crippen LogP contribution is 2.41. The molecular weight excluding hydrogens is 218 g/mol. The van der Waals surface area contributed by atoms with Gasteiger partial charge in [0.25, 0.3) is 0 Å². The molecule has 1 heterocycles. The Morgan fingerprint density at radius 2 is 2.19 bits per heavy atom. The molecule has 0 aromatic carbocycles. The summed E-state index contributed by atoms with van der Waals surface area (Å²) in [6, 6.07) is 0.874. The van der Waals surface area contributed by atoms with Gasteiger partial charge in [0.1, 0.15) is 0 Å². The Morgan fingerprint density at radius 3 is 2.88 bits per heavy atom. The van der Waals surface area contributed by atoms with Gasteiger partial charge >= 0.3 is 0 Å². The quantitative estimate of drug-likeness (QED) is 0.789. The third kappa shape index (κ3) is 2.72. The van der Waals surface area contributed by atoms with Crippen LogP contribution in [0.15, 0.2) is 4.99 Å². The first-order valence-corrected chi connectivity index (χ1v) is 7.36. The van der Waals surface area contributed by atoms with E-state index in [1.807, 2.05) is 11.8 Å². The number of likely N-dealkylation sites (N-methyl/N-ethyl adjacent to an activating group) is 1. The molecule has 0 aromatic heterocycles. The molecule has 1 aliphatic heterocycles. The van der Waals surface area contributed by atoms with Crippen LogP contribution in [0.4, 0.5) is 0 Å². The topological polar surface area (TPSA) is 27.6 Å². The van der Waals surface area contributed by atoms with Gasteiger partial charge in [0, 0.05) is 24.4 Å². The van der Waals surface area contributed by atoms with Crippen LogP contribution in [-0.4, -0.2) is 48.0 Å². The summed E-state index contributed by atoms with van der Waals surface area (Å²) in [4.78, 5) is 7.05.